The molecule has 0 unspecified atom stereocenters. The van der Waals surface area contributed by atoms with Crippen LogP contribution in [-0.4, -0.2) is 33.3 Å². The van der Waals surface area contributed by atoms with Gasteiger partial charge in [0, 0.05) is 22.9 Å². The van der Waals surface area contributed by atoms with Gasteiger partial charge in [0.2, 0.25) is 5.88 Å². The molecule has 0 saturated heterocycles. The molecule has 0 amide bonds. The highest BCUT2D eigenvalue weighted by Gasteiger charge is 2.35. The smallest absolute Gasteiger partial charge is 0.331 e. The normalized spacial score (nSPS) is 16.9. The third-order valence-electron chi connectivity index (χ3n) is 5.36. The second kappa shape index (κ2) is 6.27. The van der Waals surface area contributed by atoms with Gasteiger partial charge >= 0.3 is 5.69 Å². The van der Waals surface area contributed by atoms with Crippen LogP contribution in [0.1, 0.15) is 43.6 Å². The average molecular weight is 385 g/mol. The van der Waals surface area contributed by atoms with Crippen LogP contribution in [0, 0.1) is 0 Å². The summed E-state index contributed by atoms with van der Waals surface area (Å²) >= 11 is 0. The van der Waals surface area contributed by atoms with Crippen LogP contribution in [-0.2, 0) is 12.0 Å². The van der Waals surface area contributed by atoms with E-state index in [1.54, 1.807) is 27.9 Å². The Balaban J connectivity index is 1.96. The molecule has 3 heterocycles. The predicted octanol–water partition coefficient (Wildman–Crippen LogP) is 0.696. The van der Waals surface area contributed by atoms with E-state index >= 15 is 0 Å². The third kappa shape index (κ3) is 2.72. The molecule has 0 aliphatic carbocycles. The Morgan fingerprint density at radius 1 is 1.25 bits per heavy atom. The first-order valence-electron chi connectivity index (χ1n) is 9.33. The van der Waals surface area contributed by atoms with Crippen molar-refractivity contribution in [2.45, 2.75) is 38.8 Å². The number of ether oxygens (including phenoxy) is 1. The molecule has 8 nitrogen and oxygen atoms in total. The van der Waals surface area contributed by atoms with E-state index in [2.05, 4.69) is 9.97 Å². The minimum atomic E-state index is -0.675. The molecule has 3 aromatic rings. The fourth-order valence-electron chi connectivity index (χ4n) is 4.12. The number of methoxy groups -OCH3 is 1. The van der Waals surface area contributed by atoms with E-state index in [9.17, 15) is 14.7 Å². The lowest BCUT2D eigenvalue weighted by Gasteiger charge is -2.27. The first kappa shape index (κ1) is 18.4. The molecule has 1 aromatic carbocycles. The van der Waals surface area contributed by atoms with Gasteiger partial charge < -0.3 is 20.1 Å². The third-order valence-corrected chi connectivity index (χ3v) is 5.36. The summed E-state index contributed by atoms with van der Waals surface area (Å²) in [5, 5.41) is 14.0. The molecule has 0 saturated carbocycles. The molecule has 8 heteroatoms. The zero-order valence-electron chi connectivity index (χ0n) is 16.4. The Hall–Kier alpha value is -3.00. The molecule has 28 heavy (non-hydrogen) atoms. The summed E-state index contributed by atoms with van der Waals surface area (Å²) < 4.78 is 6.58. The first-order valence-corrected chi connectivity index (χ1v) is 9.33. The lowest BCUT2D eigenvalue weighted by Crippen LogP contribution is -2.88. The van der Waals surface area contributed by atoms with Crippen molar-refractivity contribution in [2.24, 2.45) is 0 Å². The summed E-state index contributed by atoms with van der Waals surface area (Å²) in [6.45, 7) is 6.18. The van der Waals surface area contributed by atoms with Crippen LogP contribution in [0.15, 0.2) is 27.8 Å². The number of rotatable bonds is 2. The number of H-pyrrole nitrogens is 2. The predicted molar refractivity (Wildman–Crippen MR) is 105 cm³/mol. The second-order valence-corrected chi connectivity index (χ2v) is 8.18. The van der Waals surface area contributed by atoms with E-state index < -0.39 is 22.8 Å². The van der Waals surface area contributed by atoms with Crippen molar-refractivity contribution in [3.63, 3.8) is 0 Å². The minimum Gasteiger partial charge on any atom is -0.497 e. The van der Waals surface area contributed by atoms with Crippen LogP contribution in [0.4, 0.5) is 0 Å². The van der Waals surface area contributed by atoms with Crippen LogP contribution >= 0.6 is 0 Å². The largest absolute Gasteiger partial charge is 0.497 e. The van der Waals surface area contributed by atoms with Crippen LogP contribution in [0.3, 0.4) is 0 Å². The standard InChI is InChI=1S/C20H24N4O4/c1-20(2,3)24-18(26)14(17(25)23-19(24)27)16-15-11(7-8-21-16)12-9-10(28-4)5-6-13(12)22-15/h5-6,9,16,21-22,26H,7-8H2,1-4H3,(H,23,25,27)/p+1/t16-/m0/s1. The van der Waals surface area contributed by atoms with E-state index in [-0.39, 0.29) is 11.4 Å². The number of hydrogen-bond acceptors (Lipinski definition) is 4. The fraction of sp³-hybridized carbons (Fsp3) is 0.400. The number of nitrogens with one attached hydrogen (secondary N) is 2. The molecule has 0 fully saturated rings. The quantitative estimate of drug-likeness (QED) is 0.519. The van der Waals surface area contributed by atoms with Crippen molar-refractivity contribution < 1.29 is 15.2 Å². The monoisotopic (exact) mass is 385 g/mol. The van der Waals surface area contributed by atoms with Gasteiger partial charge in [-0.15, -0.1) is 0 Å². The van der Waals surface area contributed by atoms with Gasteiger partial charge in [-0.1, -0.05) is 0 Å². The second-order valence-electron chi connectivity index (χ2n) is 8.18. The highest BCUT2D eigenvalue weighted by atomic mass is 16.5. The lowest BCUT2D eigenvalue weighted by atomic mass is 9.95. The van der Waals surface area contributed by atoms with E-state index in [0.29, 0.717) is 0 Å². The number of nitrogens with zero attached hydrogens (tertiary/aromatic N) is 1. The molecule has 0 bridgehead atoms. The Bertz CT molecular complexity index is 1180. The highest BCUT2D eigenvalue weighted by Crippen LogP contribution is 2.34. The zero-order valence-corrected chi connectivity index (χ0v) is 16.4. The highest BCUT2D eigenvalue weighted by molar-refractivity contribution is 5.86. The molecule has 2 aromatic heterocycles. The topological polar surface area (TPSA) is 117 Å². The van der Waals surface area contributed by atoms with E-state index in [4.69, 9.17) is 4.74 Å². The minimum absolute atomic E-state index is 0.189. The summed E-state index contributed by atoms with van der Waals surface area (Å²) in [7, 11) is 1.63. The SMILES string of the molecule is COc1ccc2[nH]c3c(c2c1)CC[NH2+][C@H]3c1c(O)n(C(C)(C)C)c(=O)[nH]c1=O. The molecule has 148 valence electrons. The van der Waals surface area contributed by atoms with Gasteiger partial charge in [-0.2, -0.15) is 0 Å². The van der Waals surface area contributed by atoms with Crippen LogP contribution in [0.5, 0.6) is 11.6 Å². The number of aromatic nitrogens is 3. The van der Waals surface area contributed by atoms with Crippen molar-refractivity contribution >= 4 is 10.9 Å². The number of nitrogens with two attached hydrogens (primary N) is 1. The maximum Gasteiger partial charge on any atom is 0.331 e. The molecule has 1 atom stereocenters. The Morgan fingerprint density at radius 3 is 2.68 bits per heavy atom. The molecule has 1 aliphatic heterocycles. The molecule has 5 N–H and O–H groups in total. The number of benzene rings is 1. The zero-order chi connectivity index (χ0) is 20.2. The van der Waals surface area contributed by atoms with Crippen molar-refractivity contribution in [1.82, 2.24) is 14.5 Å². The Morgan fingerprint density at radius 2 is 2.00 bits per heavy atom. The molecule has 1 aliphatic rings. The number of quaternary nitrogens is 1. The maximum atomic E-state index is 12.7. The van der Waals surface area contributed by atoms with Crippen LogP contribution in [0.2, 0.25) is 0 Å². The molecule has 0 radical (unpaired) electrons. The molecule has 4 rings (SSSR count). The summed E-state index contributed by atoms with van der Waals surface area (Å²) in [5.74, 6) is 0.481. The van der Waals surface area contributed by atoms with E-state index in [1.807, 2.05) is 23.5 Å². The summed E-state index contributed by atoms with van der Waals surface area (Å²) in [6.07, 6.45) is 0.830. The molecular formula is C20H25N4O4+. The molecular weight excluding hydrogens is 360 g/mol. The number of fused-ring (bicyclic) bond motifs is 3. The van der Waals surface area contributed by atoms with Crippen molar-refractivity contribution in [2.75, 3.05) is 13.7 Å². The van der Waals surface area contributed by atoms with E-state index in [0.717, 1.165) is 40.9 Å². The van der Waals surface area contributed by atoms with Crippen LogP contribution in [0.25, 0.3) is 10.9 Å². The molecule has 0 spiro atoms. The first-order chi connectivity index (χ1) is 13.2. The van der Waals surface area contributed by atoms with E-state index in [1.165, 1.54) is 4.57 Å². The average Bonchev–Trinajstić information content (AvgIpc) is 2.98. The lowest BCUT2D eigenvalue weighted by molar-refractivity contribution is -0.690. The van der Waals surface area contributed by atoms with Crippen molar-refractivity contribution in [3.05, 3.63) is 55.9 Å². The van der Waals surface area contributed by atoms with Gasteiger partial charge in [-0.05, 0) is 44.5 Å². The van der Waals surface area contributed by atoms with Gasteiger partial charge in [0.25, 0.3) is 5.56 Å². The Labute approximate surface area is 161 Å². The number of aromatic hydroxyl groups is 1. The van der Waals surface area contributed by atoms with Gasteiger partial charge in [-0.3, -0.25) is 14.3 Å². The van der Waals surface area contributed by atoms with Crippen molar-refractivity contribution in [3.8, 4) is 11.6 Å². The fourth-order valence-corrected chi connectivity index (χ4v) is 4.12. The summed E-state index contributed by atoms with van der Waals surface area (Å²) in [4.78, 5) is 30.8. The summed E-state index contributed by atoms with van der Waals surface area (Å²) in [6, 6.07) is 5.38. The van der Waals surface area contributed by atoms with Gasteiger partial charge in [0.05, 0.1) is 19.3 Å². The van der Waals surface area contributed by atoms with Gasteiger partial charge in [0.1, 0.15) is 11.3 Å². The summed E-state index contributed by atoms with van der Waals surface area (Å²) in [5.41, 5.74) is 1.26. The Kier molecular flexibility index (Phi) is 4.11. The number of hydrogen-bond donors (Lipinski definition) is 4. The maximum absolute atomic E-state index is 12.7. The number of aromatic amines is 2. The van der Waals surface area contributed by atoms with Crippen molar-refractivity contribution in [1.29, 1.82) is 0 Å². The van der Waals surface area contributed by atoms with Gasteiger partial charge in [-0.25, -0.2) is 4.79 Å². The van der Waals surface area contributed by atoms with Crippen LogP contribution < -0.4 is 21.3 Å². The van der Waals surface area contributed by atoms with Gasteiger partial charge in [0.15, 0.2) is 6.04 Å².